The molecule has 0 saturated heterocycles. The van der Waals surface area contributed by atoms with Crippen LogP contribution in [0.4, 0.5) is 5.69 Å². The number of nitro benzene ring substituents is 1. The lowest BCUT2D eigenvalue weighted by atomic mass is 10.1. The highest BCUT2D eigenvalue weighted by atomic mass is 16.6. The third-order valence-electron chi connectivity index (χ3n) is 5.23. The van der Waals surface area contributed by atoms with Crippen LogP contribution in [0.5, 0.6) is 5.75 Å². The Morgan fingerprint density at radius 1 is 1.16 bits per heavy atom. The predicted molar refractivity (Wildman–Crippen MR) is 123 cm³/mol. The number of fused-ring (bicyclic) bond motifs is 1. The van der Waals surface area contributed by atoms with E-state index in [2.05, 4.69) is 16.0 Å². The number of hydrogen-bond donors (Lipinski definition) is 1. The minimum atomic E-state index is -0.436. The molecule has 7 nitrogen and oxygen atoms in total. The summed E-state index contributed by atoms with van der Waals surface area (Å²) < 4.78 is 5.94. The first kappa shape index (κ1) is 20.8. The number of nitro groups is 1. The van der Waals surface area contributed by atoms with Gasteiger partial charge in [0.25, 0.3) is 5.69 Å². The molecule has 7 heteroatoms. The Balaban J connectivity index is 1.60. The summed E-state index contributed by atoms with van der Waals surface area (Å²) in [6, 6.07) is 19.9. The number of aromatic nitrogens is 2. The molecule has 4 rings (SSSR count). The monoisotopic (exact) mass is 424 g/mol. The Morgan fingerprint density at radius 2 is 1.88 bits per heavy atom. The summed E-state index contributed by atoms with van der Waals surface area (Å²) in [5.41, 5.74) is 5.95. The van der Waals surface area contributed by atoms with E-state index < -0.39 is 4.92 Å². The highest BCUT2D eigenvalue weighted by molar-refractivity contribution is 5.91. The summed E-state index contributed by atoms with van der Waals surface area (Å²) in [5.74, 6) is 1.10. The molecule has 0 aliphatic carbocycles. The fourth-order valence-electron chi connectivity index (χ4n) is 3.31. The van der Waals surface area contributed by atoms with Crippen molar-refractivity contribution in [1.29, 1.82) is 5.26 Å². The molecule has 0 bridgehead atoms. The van der Waals surface area contributed by atoms with Crippen LogP contribution >= 0.6 is 0 Å². The summed E-state index contributed by atoms with van der Waals surface area (Å²) in [4.78, 5) is 18.2. The average Bonchev–Trinajstić information content (AvgIpc) is 3.19. The van der Waals surface area contributed by atoms with Crippen LogP contribution in [-0.2, 0) is 6.61 Å². The van der Waals surface area contributed by atoms with Gasteiger partial charge in [-0.25, -0.2) is 4.98 Å². The van der Waals surface area contributed by atoms with Crippen LogP contribution in [0.2, 0.25) is 0 Å². The SMILES string of the molecule is Cc1cc2nc(/C(C#N)=C/c3ccccc3OCc3ccc([N+](=O)[O-])cc3)[nH]c2cc1C. The first-order valence-corrected chi connectivity index (χ1v) is 9.99. The van der Waals surface area contributed by atoms with Gasteiger partial charge in [-0.2, -0.15) is 5.26 Å². The molecule has 4 aromatic rings. The van der Waals surface area contributed by atoms with Crippen LogP contribution in [0.1, 0.15) is 28.1 Å². The average molecular weight is 424 g/mol. The third kappa shape index (κ3) is 4.35. The van der Waals surface area contributed by atoms with Crippen molar-refractivity contribution in [2.24, 2.45) is 0 Å². The van der Waals surface area contributed by atoms with Gasteiger partial charge in [0.05, 0.1) is 21.5 Å². The van der Waals surface area contributed by atoms with Crippen molar-refractivity contribution < 1.29 is 9.66 Å². The molecule has 0 aliphatic heterocycles. The Hall–Kier alpha value is -4.44. The molecule has 158 valence electrons. The predicted octanol–water partition coefficient (Wildman–Crippen LogP) is 5.73. The number of non-ortho nitro benzene ring substituents is 1. The number of nitriles is 1. The number of aryl methyl sites for hydroxylation is 2. The molecule has 3 aromatic carbocycles. The number of allylic oxidation sites excluding steroid dienone is 1. The van der Waals surface area contributed by atoms with Crippen molar-refractivity contribution in [2.45, 2.75) is 20.5 Å². The zero-order chi connectivity index (χ0) is 22.7. The van der Waals surface area contributed by atoms with Gasteiger partial charge in [0.2, 0.25) is 0 Å². The molecule has 32 heavy (non-hydrogen) atoms. The van der Waals surface area contributed by atoms with Crippen LogP contribution in [-0.4, -0.2) is 14.9 Å². The van der Waals surface area contributed by atoms with Crippen LogP contribution in [0, 0.1) is 35.3 Å². The van der Waals surface area contributed by atoms with Gasteiger partial charge in [0.1, 0.15) is 24.3 Å². The molecule has 0 atom stereocenters. The molecular formula is C25H20N4O3. The minimum Gasteiger partial charge on any atom is -0.488 e. The lowest BCUT2D eigenvalue weighted by Gasteiger charge is -2.09. The second-order valence-corrected chi connectivity index (χ2v) is 7.46. The van der Waals surface area contributed by atoms with Crippen LogP contribution in [0.3, 0.4) is 0 Å². The first-order chi connectivity index (χ1) is 15.4. The van der Waals surface area contributed by atoms with Gasteiger partial charge >= 0.3 is 0 Å². The summed E-state index contributed by atoms with van der Waals surface area (Å²) in [5, 5.41) is 20.6. The van der Waals surface area contributed by atoms with Gasteiger partial charge in [-0.15, -0.1) is 0 Å². The van der Waals surface area contributed by atoms with E-state index >= 15 is 0 Å². The normalized spacial score (nSPS) is 11.3. The zero-order valence-corrected chi connectivity index (χ0v) is 17.6. The van der Waals surface area contributed by atoms with Gasteiger partial charge in [-0.05, 0) is 66.9 Å². The molecule has 0 fully saturated rings. The number of imidazole rings is 1. The lowest BCUT2D eigenvalue weighted by molar-refractivity contribution is -0.384. The van der Waals surface area contributed by atoms with Crippen molar-refractivity contribution in [1.82, 2.24) is 9.97 Å². The molecule has 0 spiro atoms. The summed E-state index contributed by atoms with van der Waals surface area (Å²) in [6.45, 7) is 4.31. The smallest absolute Gasteiger partial charge is 0.269 e. The fourth-order valence-corrected chi connectivity index (χ4v) is 3.31. The maximum atomic E-state index is 10.8. The molecule has 0 unspecified atom stereocenters. The molecule has 0 amide bonds. The van der Waals surface area contributed by atoms with Crippen molar-refractivity contribution in [2.75, 3.05) is 0 Å². The van der Waals surface area contributed by atoms with Gasteiger partial charge in [-0.3, -0.25) is 10.1 Å². The number of hydrogen-bond acceptors (Lipinski definition) is 5. The Morgan fingerprint density at radius 3 is 2.59 bits per heavy atom. The summed E-state index contributed by atoms with van der Waals surface area (Å²) in [6.07, 6.45) is 1.74. The lowest BCUT2D eigenvalue weighted by Crippen LogP contribution is -1.98. The number of aromatic amines is 1. The molecule has 1 heterocycles. The van der Waals surface area contributed by atoms with Gasteiger partial charge in [0.15, 0.2) is 0 Å². The highest BCUT2D eigenvalue weighted by Crippen LogP contribution is 2.26. The molecule has 0 saturated carbocycles. The van der Waals surface area contributed by atoms with Crippen molar-refractivity contribution in [3.05, 3.63) is 98.9 Å². The topological polar surface area (TPSA) is 105 Å². The zero-order valence-electron chi connectivity index (χ0n) is 17.6. The van der Waals surface area contributed by atoms with E-state index in [1.807, 2.05) is 50.2 Å². The Bertz CT molecular complexity index is 1340. The van der Waals surface area contributed by atoms with Crippen LogP contribution < -0.4 is 4.74 Å². The number of para-hydroxylation sites is 1. The maximum absolute atomic E-state index is 10.8. The van der Waals surface area contributed by atoms with Crippen LogP contribution in [0.15, 0.2) is 60.7 Å². The molecule has 0 aliphatic rings. The maximum Gasteiger partial charge on any atom is 0.269 e. The Kier molecular flexibility index (Phi) is 5.69. The van der Waals surface area contributed by atoms with Crippen molar-refractivity contribution in [3.63, 3.8) is 0 Å². The number of rotatable bonds is 6. The van der Waals surface area contributed by atoms with E-state index in [9.17, 15) is 15.4 Å². The highest BCUT2D eigenvalue weighted by Gasteiger charge is 2.11. The van der Waals surface area contributed by atoms with E-state index in [1.54, 1.807) is 18.2 Å². The third-order valence-corrected chi connectivity index (χ3v) is 5.23. The summed E-state index contributed by atoms with van der Waals surface area (Å²) >= 11 is 0. The second-order valence-electron chi connectivity index (χ2n) is 7.46. The van der Waals surface area contributed by atoms with Gasteiger partial charge in [-0.1, -0.05) is 18.2 Å². The van der Waals surface area contributed by atoms with E-state index in [-0.39, 0.29) is 12.3 Å². The van der Waals surface area contributed by atoms with E-state index in [0.717, 1.165) is 33.3 Å². The quantitative estimate of drug-likeness (QED) is 0.242. The molecule has 0 radical (unpaired) electrons. The van der Waals surface area contributed by atoms with E-state index in [0.29, 0.717) is 17.1 Å². The Labute approximate surface area is 184 Å². The van der Waals surface area contributed by atoms with Crippen molar-refractivity contribution >= 4 is 28.4 Å². The van der Waals surface area contributed by atoms with Gasteiger partial charge in [0, 0.05) is 17.7 Å². The summed E-state index contributed by atoms with van der Waals surface area (Å²) in [7, 11) is 0. The van der Waals surface area contributed by atoms with Crippen molar-refractivity contribution in [3.8, 4) is 11.8 Å². The molecule has 1 N–H and O–H groups in total. The number of H-pyrrole nitrogens is 1. The second kappa shape index (κ2) is 8.74. The number of ether oxygens (including phenoxy) is 1. The largest absolute Gasteiger partial charge is 0.488 e. The van der Waals surface area contributed by atoms with Gasteiger partial charge < -0.3 is 9.72 Å². The fraction of sp³-hybridized carbons (Fsp3) is 0.120. The number of nitrogens with one attached hydrogen (secondary N) is 1. The van der Waals surface area contributed by atoms with E-state index in [1.165, 1.54) is 12.1 Å². The van der Waals surface area contributed by atoms with Crippen LogP contribution in [0.25, 0.3) is 22.7 Å². The van der Waals surface area contributed by atoms with E-state index in [4.69, 9.17) is 4.74 Å². The number of benzene rings is 3. The molecular weight excluding hydrogens is 404 g/mol. The molecule has 1 aromatic heterocycles. The standard InChI is InChI=1S/C25H20N4O3/c1-16-11-22-23(12-17(16)2)28-25(27-22)20(14-26)13-19-5-3-4-6-24(19)32-15-18-7-9-21(10-8-18)29(30)31/h3-13H,15H2,1-2H3,(H,27,28)/b20-13+. The minimum absolute atomic E-state index is 0.0342. The first-order valence-electron chi connectivity index (χ1n) is 9.99. The number of nitrogens with zero attached hydrogens (tertiary/aromatic N) is 3.